The van der Waals surface area contributed by atoms with Gasteiger partial charge in [0.05, 0.1) is 5.56 Å². The van der Waals surface area contributed by atoms with Gasteiger partial charge in [-0.05, 0) is 13.8 Å². The maximum Gasteiger partial charge on any atom is 0.340 e. The summed E-state index contributed by atoms with van der Waals surface area (Å²) in [5, 5.41) is 9.35. The molecule has 0 radical (unpaired) electrons. The summed E-state index contributed by atoms with van der Waals surface area (Å²) in [5.74, 6) is -1.57. The average molecular weight is 394 g/mol. The highest BCUT2D eigenvalue weighted by Gasteiger charge is 2.37. The Hall–Kier alpha value is -2.79. The number of carboxylic acid groups (broad SMARTS) is 1. The normalized spacial score (nSPS) is 15.7. The smallest absolute Gasteiger partial charge is 0.340 e. The van der Waals surface area contributed by atoms with E-state index in [-0.39, 0.29) is 54.1 Å². The molecule has 27 heavy (non-hydrogen) atoms. The monoisotopic (exact) mass is 394 g/mol. The molecule has 144 valence electrons. The molecule has 1 aliphatic rings. The largest absolute Gasteiger partial charge is 0.478 e. The van der Waals surface area contributed by atoms with Crippen LogP contribution in [-0.2, 0) is 10.0 Å². The van der Waals surface area contributed by atoms with Crippen molar-refractivity contribution in [3.05, 3.63) is 41.4 Å². The van der Waals surface area contributed by atoms with Crippen LogP contribution in [0.15, 0.2) is 28.0 Å². The number of aromatic carboxylic acids is 1. The fourth-order valence-electron chi connectivity index (χ4n) is 3.07. The van der Waals surface area contributed by atoms with Gasteiger partial charge in [-0.1, -0.05) is 0 Å². The van der Waals surface area contributed by atoms with E-state index in [0.29, 0.717) is 5.56 Å². The van der Waals surface area contributed by atoms with Crippen LogP contribution in [-0.4, -0.2) is 70.8 Å². The van der Waals surface area contributed by atoms with E-state index in [9.17, 15) is 23.1 Å². The second-order valence-corrected chi connectivity index (χ2v) is 7.92. The number of amides is 1. The Morgan fingerprint density at radius 2 is 1.67 bits per heavy atom. The van der Waals surface area contributed by atoms with Crippen molar-refractivity contribution in [3.63, 3.8) is 0 Å². The number of aryl methyl sites for hydroxylation is 2. The quantitative estimate of drug-likeness (QED) is 0.794. The molecule has 0 atom stereocenters. The predicted molar refractivity (Wildman–Crippen MR) is 91.8 cm³/mol. The zero-order chi connectivity index (χ0) is 19.8. The highest BCUT2D eigenvalue weighted by molar-refractivity contribution is 7.89. The third-order valence-electron chi connectivity index (χ3n) is 4.35. The molecule has 1 N–H and O–H groups in total. The second kappa shape index (κ2) is 7.08. The third kappa shape index (κ3) is 3.43. The molecule has 11 heteroatoms. The number of hydrogen-bond acceptors (Lipinski definition) is 7. The first-order valence-electron chi connectivity index (χ1n) is 8.11. The minimum atomic E-state index is -4.07. The van der Waals surface area contributed by atoms with Gasteiger partial charge in [-0.3, -0.25) is 4.79 Å². The number of rotatable bonds is 4. The van der Waals surface area contributed by atoms with Gasteiger partial charge >= 0.3 is 5.97 Å². The lowest BCUT2D eigenvalue weighted by Crippen LogP contribution is -2.50. The van der Waals surface area contributed by atoms with Gasteiger partial charge < -0.3 is 14.4 Å². The molecular weight excluding hydrogens is 376 g/mol. The Morgan fingerprint density at radius 1 is 1.07 bits per heavy atom. The van der Waals surface area contributed by atoms with E-state index >= 15 is 0 Å². The van der Waals surface area contributed by atoms with Crippen LogP contribution < -0.4 is 0 Å². The van der Waals surface area contributed by atoms with Crippen LogP contribution >= 0.6 is 0 Å². The van der Waals surface area contributed by atoms with Crippen LogP contribution in [0.4, 0.5) is 0 Å². The molecule has 0 bridgehead atoms. The summed E-state index contributed by atoms with van der Waals surface area (Å²) in [6.45, 7) is 3.26. The van der Waals surface area contributed by atoms with E-state index in [1.807, 2.05) is 0 Å². The molecule has 2 aromatic rings. The summed E-state index contributed by atoms with van der Waals surface area (Å²) >= 11 is 0. The zero-order valence-corrected chi connectivity index (χ0v) is 15.6. The number of sulfonamides is 1. The minimum Gasteiger partial charge on any atom is -0.478 e. The standard InChI is InChI=1S/C16H18N4O6S/c1-10-13(16(22)23)14(11(2)26-10)27(24,25)20-5-3-19(4-6-20)15(21)12-7-17-9-18-8-12/h7-9H,3-6H2,1-2H3,(H,22,23). The van der Waals surface area contributed by atoms with Gasteiger partial charge in [-0.25, -0.2) is 23.2 Å². The van der Waals surface area contributed by atoms with Gasteiger partial charge in [0.1, 0.15) is 28.3 Å². The van der Waals surface area contributed by atoms with Crippen LogP contribution in [0.2, 0.25) is 0 Å². The van der Waals surface area contributed by atoms with Crippen molar-refractivity contribution in [2.75, 3.05) is 26.2 Å². The molecular formula is C16H18N4O6S. The Morgan fingerprint density at radius 3 is 2.22 bits per heavy atom. The lowest BCUT2D eigenvalue weighted by atomic mass is 10.2. The van der Waals surface area contributed by atoms with Gasteiger partial charge in [0.15, 0.2) is 0 Å². The zero-order valence-electron chi connectivity index (χ0n) is 14.7. The Kier molecular flexibility index (Phi) is 4.98. The average Bonchev–Trinajstić information content (AvgIpc) is 2.97. The molecule has 0 aromatic carbocycles. The number of nitrogens with zero attached hydrogens (tertiary/aromatic N) is 4. The maximum absolute atomic E-state index is 13.0. The van der Waals surface area contributed by atoms with Crippen molar-refractivity contribution in [3.8, 4) is 0 Å². The van der Waals surface area contributed by atoms with E-state index in [0.717, 1.165) is 0 Å². The van der Waals surface area contributed by atoms with Crippen LogP contribution in [0, 0.1) is 13.8 Å². The number of aromatic nitrogens is 2. The molecule has 1 aliphatic heterocycles. The SMILES string of the molecule is Cc1oc(C)c(S(=O)(=O)N2CCN(C(=O)c3cncnc3)CC2)c1C(=O)O. The van der Waals surface area contributed by atoms with Gasteiger partial charge in [0.25, 0.3) is 5.91 Å². The first kappa shape index (κ1) is 19.0. The fraction of sp³-hybridized carbons (Fsp3) is 0.375. The lowest BCUT2D eigenvalue weighted by molar-refractivity contribution is 0.0689. The molecule has 10 nitrogen and oxygen atoms in total. The number of hydrogen-bond donors (Lipinski definition) is 1. The molecule has 1 fully saturated rings. The lowest BCUT2D eigenvalue weighted by Gasteiger charge is -2.33. The first-order valence-corrected chi connectivity index (χ1v) is 9.55. The number of furan rings is 1. The highest BCUT2D eigenvalue weighted by atomic mass is 32.2. The summed E-state index contributed by atoms with van der Waals surface area (Å²) in [4.78, 5) is 32.7. The molecule has 0 spiro atoms. The third-order valence-corrected chi connectivity index (χ3v) is 6.40. The van der Waals surface area contributed by atoms with E-state index in [2.05, 4.69) is 9.97 Å². The summed E-state index contributed by atoms with van der Waals surface area (Å²) in [7, 11) is -4.07. The van der Waals surface area contributed by atoms with Crippen molar-refractivity contribution < 1.29 is 27.5 Å². The predicted octanol–water partition coefficient (Wildman–Crippen LogP) is 0.531. The Labute approximate surface area is 155 Å². The van der Waals surface area contributed by atoms with E-state index < -0.39 is 16.0 Å². The molecule has 2 aromatic heterocycles. The van der Waals surface area contributed by atoms with E-state index in [1.165, 1.54) is 41.8 Å². The molecule has 0 saturated carbocycles. The van der Waals surface area contributed by atoms with Crippen LogP contribution in [0.1, 0.15) is 32.2 Å². The van der Waals surface area contributed by atoms with Crippen LogP contribution in [0.3, 0.4) is 0 Å². The van der Waals surface area contributed by atoms with Crippen LogP contribution in [0.5, 0.6) is 0 Å². The number of carbonyl (C=O) groups excluding carboxylic acids is 1. The number of carboxylic acids is 1. The summed E-state index contributed by atoms with van der Waals surface area (Å²) in [6, 6.07) is 0. The summed E-state index contributed by atoms with van der Waals surface area (Å²) < 4.78 is 32.3. The van der Waals surface area contributed by atoms with Crippen molar-refractivity contribution >= 4 is 21.9 Å². The number of piperazine rings is 1. The molecule has 0 aliphatic carbocycles. The molecule has 0 unspecified atom stereocenters. The number of carbonyl (C=O) groups is 2. The molecule has 3 rings (SSSR count). The second-order valence-electron chi connectivity index (χ2n) is 6.05. The topological polar surface area (TPSA) is 134 Å². The van der Waals surface area contributed by atoms with Gasteiger partial charge in [-0.15, -0.1) is 0 Å². The van der Waals surface area contributed by atoms with Gasteiger partial charge in [0.2, 0.25) is 10.0 Å². The molecule has 1 amide bonds. The Balaban J connectivity index is 1.80. The van der Waals surface area contributed by atoms with Crippen molar-refractivity contribution in [1.29, 1.82) is 0 Å². The van der Waals surface area contributed by atoms with Crippen molar-refractivity contribution in [2.24, 2.45) is 0 Å². The summed E-state index contributed by atoms with van der Waals surface area (Å²) in [6.07, 6.45) is 4.11. The van der Waals surface area contributed by atoms with Gasteiger partial charge in [0, 0.05) is 38.6 Å². The van der Waals surface area contributed by atoms with Crippen LogP contribution in [0.25, 0.3) is 0 Å². The fourth-order valence-corrected chi connectivity index (χ4v) is 4.87. The van der Waals surface area contributed by atoms with E-state index in [4.69, 9.17) is 4.42 Å². The minimum absolute atomic E-state index is 0.0323. The van der Waals surface area contributed by atoms with Crippen molar-refractivity contribution in [1.82, 2.24) is 19.2 Å². The molecule has 1 saturated heterocycles. The van der Waals surface area contributed by atoms with Crippen molar-refractivity contribution in [2.45, 2.75) is 18.7 Å². The summed E-state index contributed by atoms with van der Waals surface area (Å²) in [5.41, 5.74) is -0.0317. The highest BCUT2D eigenvalue weighted by Crippen LogP contribution is 2.30. The Bertz CT molecular complexity index is 978. The van der Waals surface area contributed by atoms with E-state index in [1.54, 1.807) is 0 Å². The molecule has 3 heterocycles. The first-order chi connectivity index (χ1) is 12.7. The maximum atomic E-state index is 13.0. The van der Waals surface area contributed by atoms with Gasteiger partial charge in [-0.2, -0.15) is 4.31 Å².